The summed E-state index contributed by atoms with van der Waals surface area (Å²) in [5, 5.41) is 14.3. The fourth-order valence-corrected chi connectivity index (χ4v) is 3.91. The fraction of sp³-hybridized carbons (Fsp3) is 0.692. The summed E-state index contributed by atoms with van der Waals surface area (Å²) in [7, 11) is 0. The molecule has 1 aromatic rings. The summed E-state index contributed by atoms with van der Waals surface area (Å²) in [5.74, 6) is 2.32. The van der Waals surface area contributed by atoms with Gasteiger partial charge in [-0.25, -0.2) is 9.97 Å². The second-order valence-electron chi connectivity index (χ2n) is 5.98. The van der Waals surface area contributed by atoms with Crippen LogP contribution in [0.1, 0.15) is 32.6 Å². The first-order valence-electron chi connectivity index (χ1n) is 7.07. The Balaban J connectivity index is 1.78. The molecule has 2 saturated carbocycles. The van der Waals surface area contributed by atoms with Crippen LogP contribution < -0.4 is 11.1 Å². The molecule has 1 heterocycles. The molecule has 7 heteroatoms. The minimum atomic E-state index is -0.523. The Morgan fingerprint density at radius 1 is 1.45 bits per heavy atom. The van der Waals surface area contributed by atoms with Crippen molar-refractivity contribution in [2.75, 3.05) is 11.1 Å². The molecule has 3 rings (SSSR count). The number of anilines is 2. The largest absolute Gasteiger partial charge is 0.378 e. The van der Waals surface area contributed by atoms with Gasteiger partial charge in [-0.05, 0) is 43.9 Å². The van der Waals surface area contributed by atoms with Gasteiger partial charge in [-0.2, -0.15) is 0 Å². The summed E-state index contributed by atoms with van der Waals surface area (Å²) in [6.45, 7) is 2.08. The topological polar surface area (TPSA) is 107 Å². The van der Waals surface area contributed by atoms with Crippen molar-refractivity contribution >= 4 is 17.3 Å². The molecule has 2 aliphatic rings. The predicted octanol–water partition coefficient (Wildman–Crippen LogP) is 2.20. The quantitative estimate of drug-likeness (QED) is 0.645. The highest BCUT2D eigenvalue weighted by atomic mass is 16.6. The third kappa shape index (κ3) is 2.17. The predicted molar refractivity (Wildman–Crippen MR) is 75.1 cm³/mol. The van der Waals surface area contributed by atoms with Crippen molar-refractivity contribution in [1.82, 2.24) is 9.97 Å². The summed E-state index contributed by atoms with van der Waals surface area (Å²) in [4.78, 5) is 18.2. The number of nitro groups is 1. The van der Waals surface area contributed by atoms with E-state index in [4.69, 9.17) is 5.73 Å². The van der Waals surface area contributed by atoms with E-state index in [9.17, 15) is 10.1 Å². The van der Waals surface area contributed by atoms with Gasteiger partial charge in [0.15, 0.2) is 0 Å². The zero-order chi connectivity index (χ0) is 14.3. The monoisotopic (exact) mass is 277 g/mol. The minimum Gasteiger partial charge on any atom is -0.378 e. The molecular formula is C13H19N5O2. The van der Waals surface area contributed by atoms with E-state index in [2.05, 4.69) is 22.2 Å². The molecule has 20 heavy (non-hydrogen) atoms. The summed E-state index contributed by atoms with van der Waals surface area (Å²) in [6.07, 6.45) is 6.42. The molecular weight excluding hydrogens is 258 g/mol. The molecule has 2 fully saturated rings. The Hall–Kier alpha value is -1.92. The number of aromatic nitrogens is 2. The van der Waals surface area contributed by atoms with Crippen molar-refractivity contribution in [3.05, 3.63) is 16.4 Å². The average molecular weight is 277 g/mol. The van der Waals surface area contributed by atoms with Crippen LogP contribution in [0.15, 0.2) is 6.33 Å². The molecule has 1 aromatic heterocycles. The van der Waals surface area contributed by atoms with Gasteiger partial charge in [0.25, 0.3) is 0 Å². The van der Waals surface area contributed by atoms with Gasteiger partial charge in [0.2, 0.25) is 11.6 Å². The first-order valence-corrected chi connectivity index (χ1v) is 7.07. The van der Waals surface area contributed by atoms with Gasteiger partial charge in [0.1, 0.15) is 6.33 Å². The molecule has 0 aliphatic heterocycles. The van der Waals surface area contributed by atoms with Crippen LogP contribution in [0.5, 0.6) is 0 Å². The first-order chi connectivity index (χ1) is 9.56. The molecule has 0 saturated heterocycles. The van der Waals surface area contributed by atoms with Crippen LogP contribution in [0.2, 0.25) is 0 Å². The lowest BCUT2D eigenvalue weighted by molar-refractivity contribution is -0.383. The van der Waals surface area contributed by atoms with Crippen molar-refractivity contribution in [3.63, 3.8) is 0 Å². The van der Waals surface area contributed by atoms with Gasteiger partial charge < -0.3 is 11.1 Å². The zero-order valence-electron chi connectivity index (χ0n) is 11.5. The van der Waals surface area contributed by atoms with E-state index in [0.717, 1.165) is 11.8 Å². The second kappa shape index (κ2) is 4.88. The minimum absolute atomic E-state index is 0.0901. The van der Waals surface area contributed by atoms with Gasteiger partial charge >= 0.3 is 5.69 Å². The number of hydrogen-bond acceptors (Lipinski definition) is 6. The number of hydrogen-bond donors (Lipinski definition) is 2. The van der Waals surface area contributed by atoms with Crippen molar-refractivity contribution in [2.24, 2.45) is 17.8 Å². The molecule has 2 aliphatic carbocycles. The van der Waals surface area contributed by atoms with E-state index in [1.807, 2.05) is 0 Å². The van der Waals surface area contributed by atoms with Gasteiger partial charge in [-0.3, -0.25) is 10.1 Å². The standard InChI is InChI=1S/C13H19N5O2/c1-7(10-5-8-2-3-9(10)4-8)17-13-11(18(19)20)12(14)15-6-16-13/h6-10H,2-5H2,1H3,(H3,14,15,16,17)/t7-,8+,9+,10-/m1/s1. The molecule has 0 radical (unpaired) electrons. The second-order valence-corrected chi connectivity index (χ2v) is 5.98. The van der Waals surface area contributed by atoms with Gasteiger partial charge in [0, 0.05) is 6.04 Å². The van der Waals surface area contributed by atoms with Crippen molar-refractivity contribution in [2.45, 2.75) is 38.6 Å². The molecule has 3 N–H and O–H groups in total. The highest BCUT2D eigenvalue weighted by Gasteiger charge is 2.42. The number of rotatable bonds is 4. The van der Waals surface area contributed by atoms with Crippen LogP contribution in [0, 0.1) is 27.9 Å². The van der Waals surface area contributed by atoms with E-state index in [1.54, 1.807) is 0 Å². The van der Waals surface area contributed by atoms with Crippen molar-refractivity contribution < 1.29 is 4.92 Å². The third-order valence-corrected chi connectivity index (χ3v) is 4.83. The number of nitrogen functional groups attached to an aromatic ring is 1. The highest BCUT2D eigenvalue weighted by molar-refractivity contribution is 5.67. The summed E-state index contributed by atoms with van der Waals surface area (Å²) in [6, 6.07) is 0.165. The lowest BCUT2D eigenvalue weighted by Gasteiger charge is -2.28. The van der Waals surface area contributed by atoms with Crippen LogP contribution in [0.3, 0.4) is 0 Å². The summed E-state index contributed by atoms with van der Waals surface area (Å²) in [5.41, 5.74) is 5.36. The average Bonchev–Trinajstić information content (AvgIpc) is 3.00. The zero-order valence-corrected chi connectivity index (χ0v) is 11.5. The molecule has 4 atom stereocenters. The Bertz CT molecular complexity index is 535. The lowest BCUT2D eigenvalue weighted by atomic mass is 9.84. The lowest BCUT2D eigenvalue weighted by Crippen LogP contribution is -2.30. The van der Waals surface area contributed by atoms with Gasteiger partial charge in [-0.15, -0.1) is 0 Å². The van der Waals surface area contributed by atoms with E-state index in [0.29, 0.717) is 5.92 Å². The summed E-state index contributed by atoms with van der Waals surface area (Å²) >= 11 is 0. The number of fused-ring (bicyclic) bond motifs is 2. The van der Waals surface area contributed by atoms with E-state index >= 15 is 0 Å². The third-order valence-electron chi connectivity index (χ3n) is 4.83. The first kappa shape index (κ1) is 13.1. The maximum Gasteiger partial charge on any atom is 0.352 e. The van der Waals surface area contributed by atoms with Crippen LogP contribution >= 0.6 is 0 Å². The molecule has 2 bridgehead atoms. The maximum absolute atomic E-state index is 11.1. The number of nitrogens with two attached hydrogens (primary N) is 1. The highest BCUT2D eigenvalue weighted by Crippen LogP contribution is 2.50. The van der Waals surface area contributed by atoms with Gasteiger partial charge in [-0.1, -0.05) is 6.42 Å². The Morgan fingerprint density at radius 2 is 2.25 bits per heavy atom. The molecule has 108 valence electrons. The normalized spacial score (nSPS) is 29.4. The van der Waals surface area contributed by atoms with Crippen LogP contribution in [0.4, 0.5) is 17.3 Å². The Labute approximate surface area is 117 Å². The SMILES string of the molecule is C[C@@H](Nc1ncnc(N)c1[N+](=O)[O-])[C@H]1C[C@H]2CC[C@H]1C2. The molecule has 0 unspecified atom stereocenters. The smallest absolute Gasteiger partial charge is 0.352 e. The molecule has 7 nitrogen and oxygen atoms in total. The number of nitrogens with zero attached hydrogens (tertiary/aromatic N) is 3. The Morgan fingerprint density at radius 3 is 2.85 bits per heavy atom. The van der Waals surface area contributed by atoms with Gasteiger partial charge in [0.05, 0.1) is 4.92 Å². The molecule has 0 spiro atoms. The van der Waals surface area contributed by atoms with Crippen LogP contribution in [-0.2, 0) is 0 Å². The molecule has 0 aromatic carbocycles. The fourth-order valence-electron chi connectivity index (χ4n) is 3.91. The van der Waals surface area contributed by atoms with E-state index < -0.39 is 4.92 Å². The van der Waals surface area contributed by atoms with E-state index in [-0.39, 0.29) is 23.4 Å². The number of nitrogens with one attached hydrogen (secondary N) is 1. The molecule has 0 amide bonds. The van der Waals surface area contributed by atoms with Crippen LogP contribution in [0.25, 0.3) is 0 Å². The summed E-state index contributed by atoms with van der Waals surface area (Å²) < 4.78 is 0. The maximum atomic E-state index is 11.1. The van der Waals surface area contributed by atoms with Crippen LogP contribution in [-0.4, -0.2) is 20.9 Å². The Kier molecular flexibility index (Phi) is 3.19. The van der Waals surface area contributed by atoms with E-state index in [1.165, 1.54) is 32.0 Å². The van der Waals surface area contributed by atoms with Crippen molar-refractivity contribution in [3.8, 4) is 0 Å². The van der Waals surface area contributed by atoms with Crippen molar-refractivity contribution in [1.29, 1.82) is 0 Å².